The molecule has 3 fully saturated rings. The van der Waals surface area contributed by atoms with Crippen LogP contribution in [0.4, 0.5) is 0 Å². The van der Waals surface area contributed by atoms with Crippen LogP contribution in [-0.2, 0) is 6.42 Å². The number of nitrogens with zero attached hydrogens (tertiary/aromatic N) is 2. The average Bonchev–Trinajstić information content (AvgIpc) is 2.50. The van der Waals surface area contributed by atoms with Gasteiger partial charge in [0.25, 0.3) is 0 Å². The molecule has 4 rings (SSSR count). The molecule has 1 aromatic carbocycles. The number of hydrogen-bond donors (Lipinski definition) is 1. The number of nitrogens with one attached hydrogen (secondary N) is 1. The second-order valence-corrected chi connectivity index (χ2v) is 7.14. The Labute approximate surface area is 135 Å². The summed E-state index contributed by atoms with van der Waals surface area (Å²) < 4.78 is 1.32. The Bertz CT molecular complexity index is 426. The highest BCUT2D eigenvalue weighted by Crippen LogP contribution is 2.20. The van der Waals surface area contributed by atoms with Gasteiger partial charge in [-0.25, -0.2) is 0 Å². The Morgan fingerprint density at radius 1 is 1.20 bits per heavy atom. The normalized spacial score (nSPS) is 30.4. The van der Waals surface area contributed by atoms with Gasteiger partial charge in [-0.3, -0.25) is 9.80 Å². The Hall–Kier alpha value is -0.170. The van der Waals surface area contributed by atoms with Crippen LogP contribution in [0.25, 0.3) is 0 Å². The van der Waals surface area contributed by atoms with Gasteiger partial charge >= 0.3 is 0 Å². The van der Waals surface area contributed by atoms with Gasteiger partial charge in [0.1, 0.15) is 0 Å². The number of hydrogen-bond acceptors (Lipinski definition) is 3. The molecule has 0 saturated carbocycles. The fourth-order valence-corrected chi connectivity index (χ4v) is 3.88. The van der Waals surface area contributed by atoms with Gasteiger partial charge in [0.2, 0.25) is 0 Å². The molecule has 110 valence electrons. The predicted molar refractivity (Wildman–Crippen MR) is 92.1 cm³/mol. The zero-order valence-electron chi connectivity index (χ0n) is 12.2. The fraction of sp³-hybridized carbons (Fsp3) is 0.625. The molecule has 2 atom stereocenters. The number of likely N-dealkylation sites (N-methyl/N-ethyl adjacent to an activating group) is 1. The van der Waals surface area contributed by atoms with E-state index in [0.29, 0.717) is 12.1 Å². The third-order valence-electron chi connectivity index (χ3n) is 4.62. The van der Waals surface area contributed by atoms with Crippen LogP contribution >= 0.6 is 22.6 Å². The second-order valence-electron chi connectivity index (χ2n) is 5.90. The minimum atomic E-state index is 0.572. The van der Waals surface area contributed by atoms with Crippen molar-refractivity contribution < 1.29 is 0 Å². The van der Waals surface area contributed by atoms with Crippen molar-refractivity contribution in [1.29, 1.82) is 0 Å². The van der Waals surface area contributed by atoms with Crippen LogP contribution in [0.15, 0.2) is 24.3 Å². The van der Waals surface area contributed by atoms with Crippen LogP contribution in [0.1, 0.15) is 12.5 Å². The summed E-state index contributed by atoms with van der Waals surface area (Å²) in [4.78, 5) is 5.32. The first-order chi connectivity index (χ1) is 9.76. The van der Waals surface area contributed by atoms with Crippen molar-refractivity contribution in [3.63, 3.8) is 0 Å². The minimum absolute atomic E-state index is 0.572. The molecule has 1 N–H and O–H groups in total. The summed E-state index contributed by atoms with van der Waals surface area (Å²) in [6, 6.07) is 10.2. The zero-order valence-corrected chi connectivity index (χ0v) is 14.3. The predicted octanol–water partition coefficient (Wildman–Crippen LogP) is 1.81. The summed E-state index contributed by atoms with van der Waals surface area (Å²) in [5, 5.41) is 3.73. The largest absolute Gasteiger partial charge is 0.312 e. The van der Waals surface area contributed by atoms with E-state index in [-0.39, 0.29) is 0 Å². The fourth-order valence-electron chi connectivity index (χ4n) is 3.52. The number of rotatable bonds is 5. The molecule has 2 unspecified atom stereocenters. The van der Waals surface area contributed by atoms with Gasteiger partial charge < -0.3 is 5.32 Å². The first kappa shape index (κ1) is 14.8. The first-order valence-electron chi connectivity index (χ1n) is 7.70. The maximum absolute atomic E-state index is 3.73. The highest BCUT2D eigenvalue weighted by atomic mass is 127. The topological polar surface area (TPSA) is 18.5 Å². The van der Waals surface area contributed by atoms with Gasteiger partial charge in [-0.1, -0.05) is 19.1 Å². The van der Waals surface area contributed by atoms with Gasteiger partial charge in [0, 0.05) is 48.4 Å². The number of halogens is 1. The molecule has 2 bridgehead atoms. The van der Waals surface area contributed by atoms with Gasteiger partial charge in [0.05, 0.1) is 0 Å². The molecule has 3 aliphatic rings. The van der Waals surface area contributed by atoms with Crippen molar-refractivity contribution in [2.24, 2.45) is 0 Å². The van der Waals surface area contributed by atoms with Crippen molar-refractivity contribution in [3.05, 3.63) is 33.4 Å². The Balaban J connectivity index is 1.70. The molecular formula is C16H24IN3. The third kappa shape index (κ3) is 3.35. The smallest absolute Gasteiger partial charge is 0.0380 e. The van der Waals surface area contributed by atoms with Crippen LogP contribution < -0.4 is 5.32 Å². The van der Waals surface area contributed by atoms with Crippen molar-refractivity contribution in [3.8, 4) is 0 Å². The molecule has 20 heavy (non-hydrogen) atoms. The quantitative estimate of drug-likeness (QED) is 0.781. The highest BCUT2D eigenvalue weighted by molar-refractivity contribution is 14.1. The average molecular weight is 385 g/mol. The molecule has 3 aliphatic heterocycles. The van der Waals surface area contributed by atoms with Gasteiger partial charge in [-0.2, -0.15) is 0 Å². The molecule has 3 heterocycles. The van der Waals surface area contributed by atoms with Gasteiger partial charge in [-0.15, -0.1) is 0 Å². The molecule has 0 radical (unpaired) electrons. The number of benzene rings is 1. The van der Waals surface area contributed by atoms with E-state index in [9.17, 15) is 0 Å². The molecule has 0 amide bonds. The lowest BCUT2D eigenvalue weighted by Crippen LogP contribution is -2.66. The molecule has 1 aromatic rings. The summed E-state index contributed by atoms with van der Waals surface area (Å²) >= 11 is 2.37. The van der Waals surface area contributed by atoms with Crippen LogP contribution in [0, 0.1) is 3.57 Å². The Morgan fingerprint density at radius 3 is 2.45 bits per heavy atom. The minimum Gasteiger partial charge on any atom is -0.312 e. The molecule has 4 heteroatoms. The second kappa shape index (κ2) is 6.73. The van der Waals surface area contributed by atoms with Gasteiger partial charge in [0.15, 0.2) is 0 Å². The van der Waals surface area contributed by atoms with E-state index in [1.165, 1.54) is 41.9 Å². The molecule has 0 aromatic heterocycles. The van der Waals surface area contributed by atoms with Crippen LogP contribution in [0.2, 0.25) is 0 Å². The SMILES string of the molecule is CCNC(Cc1ccc(I)cc1)C1CN2CCN1CC2. The molecule has 0 aliphatic carbocycles. The van der Waals surface area contributed by atoms with E-state index >= 15 is 0 Å². The van der Waals surface area contributed by atoms with E-state index in [1.807, 2.05) is 0 Å². The molecule has 3 nitrogen and oxygen atoms in total. The standard InChI is InChI=1S/C16H24IN3/c1-2-18-15(11-13-3-5-14(17)6-4-13)16-12-19-7-9-20(16)10-8-19/h3-6,15-16,18H,2,7-12H2,1H3. The number of piperazine rings is 3. The maximum Gasteiger partial charge on any atom is 0.0380 e. The maximum atomic E-state index is 3.73. The molecule has 0 spiro atoms. The van der Waals surface area contributed by atoms with Crippen LogP contribution in [-0.4, -0.2) is 61.2 Å². The summed E-state index contributed by atoms with van der Waals surface area (Å²) in [5.74, 6) is 0. The Morgan fingerprint density at radius 2 is 1.90 bits per heavy atom. The van der Waals surface area contributed by atoms with Gasteiger partial charge in [-0.05, 0) is 53.3 Å². The van der Waals surface area contributed by atoms with E-state index < -0.39 is 0 Å². The van der Waals surface area contributed by atoms with Crippen LogP contribution in [0.5, 0.6) is 0 Å². The lowest BCUT2D eigenvalue weighted by Gasteiger charge is -2.50. The van der Waals surface area contributed by atoms with Crippen molar-refractivity contribution >= 4 is 22.6 Å². The van der Waals surface area contributed by atoms with E-state index in [0.717, 1.165) is 13.0 Å². The Kier molecular flexibility index (Phi) is 4.96. The van der Waals surface area contributed by atoms with E-state index in [1.54, 1.807) is 0 Å². The van der Waals surface area contributed by atoms with Crippen molar-refractivity contribution in [2.45, 2.75) is 25.4 Å². The zero-order chi connectivity index (χ0) is 13.9. The molecular weight excluding hydrogens is 361 g/mol. The highest BCUT2D eigenvalue weighted by Gasteiger charge is 2.36. The van der Waals surface area contributed by atoms with E-state index in [4.69, 9.17) is 0 Å². The number of fused-ring (bicyclic) bond motifs is 3. The van der Waals surface area contributed by atoms with Crippen molar-refractivity contribution in [2.75, 3.05) is 39.3 Å². The lowest BCUT2D eigenvalue weighted by molar-refractivity contribution is -0.00288. The third-order valence-corrected chi connectivity index (χ3v) is 5.34. The molecule has 3 saturated heterocycles. The summed E-state index contributed by atoms with van der Waals surface area (Å²) in [6.07, 6.45) is 1.14. The van der Waals surface area contributed by atoms with Crippen molar-refractivity contribution in [1.82, 2.24) is 15.1 Å². The van der Waals surface area contributed by atoms with E-state index in [2.05, 4.69) is 68.9 Å². The summed E-state index contributed by atoms with van der Waals surface area (Å²) in [7, 11) is 0. The lowest BCUT2D eigenvalue weighted by atomic mass is 9.94. The van der Waals surface area contributed by atoms with Crippen LogP contribution in [0.3, 0.4) is 0 Å². The summed E-state index contributed by atoms with van der Waals surface area (Å²) in [5.41, 5.74) is 1.45. The summed E-state index contributed by atoms with van der Waals surface area (Å²) in [6.45, 7) is 9.54. The monoisotopic (exact) mass is 385 g/mol. The first-order valence-corrected chi connectivity index (χ1v) is 8.78.